The van der Waals surface area contributed by atoms with Crippen molar-refractivity contribution in [1.82, 2.24) is 0 Å². The Kier molecular flexibility index (Phi) is 16.3. The molecule has 0 spiro atoms. The third-order valence-electron chi connectivity index (χ3n) is 6.33. The maximum atomic E-state index is 3.22. The van der Waals surface area contributed by atoms with Gasteiger partial charge >= 0.3 is 71.4 Å². The molecular formula is C38H35Cl2SiZr-3. The zero-order chi connectivity index (χ0) is 28.0. The van der Waals surface area contributed by atoms with Gasteiger partial charge in [0.15, 0.2) is 0 Å². The van der Waals surface area contributed by atoms with Crippen LogP contribution in [0.25, 0.3) is 32.3 Å². The second-order valence-corrected chi connectivity index (χ2v) is 13.4. The van der Waals surface area contributed by atoms with E-state index in [-0.39, 0.29) is 24.8 Å². The van der Waals surface area contributed by atoms with Crippen LogP contribution in [-0.2, 0) is 29.4 Å². The molecule has 0 nitrogen and oxygen atoms in total. The molecule has 42 heavy (non-hydrogen) atoms. The molecule has 0 N–H and O–H groups in total. The summed E-state index contributed by atoms with van der Waals surface area (Å²) >= 11 is 1.72. The molecule has 7 aromatic carbocycles. The van der Waals surface area contributed by atoms with Crippen molar-refractivity contribution in [3.05, 3.63) is 174 Å². The van der Waals surface area contributed by atoms with Crippen LogP contribution >= 0.6 is 24.8 Å². The number of halogens is 2. The van der Waals surface area contributed by atoms with E-state index in [0.29, 0.717) is 6.16 Å². The zero-order valence-electron chi connectivity index (χ0n) is 24.0. The Labute approximate surface area is 279 Å². The van der Waals surface area contributed by atoms with Crippen molar-refractivity contribution in [2.24, 2.45) is 0 Å². The number of benzene rings is 6. The Bertz CT molecular complexity index is 1670. The smallest absolute Gasteiger partial charge is 0.0809 e. The fourth-order valence-corrected chi connectivity index (χ4v) is 6.51. The summed E-state index contributed by atoms with van der Waals surface area (Å²) in [4.78, 5) is 0. The molecule has 212 valence electrons. The predicted octanol–water partition coefficient (Wildman–Crippen LogP) is 10.4. The van der Waals surface area contributed by atoms with Crippen molar-refractivity contribution in [2.45, 2.75) is 19.9 Å². The van der Waals surface area contributed by atoms with Gasteiger partial charge in [-0.05, 0) is 0 Å². The van der Waals surface area contributed by atoms with Gasteiger partial charge < -0.3 is 0 Å². The van der Waals surface area contributed by atoms with Crippen LogP contribution in [-0.4, -0.2) is 6.16 Å². The van der Waals surface area contributed by atoms with E-state index >= 15 is 0 Å². The van der Waals surface area contributed by atoms with Crippen LogP contribution < -0.4 is 0 Å². The molecule has 0 aromatic heterocycles. The average Bonchev–Trinajstić information content (AvgIpc) is 3.48. The summed E-state index contributed by atoms with van der Waals surface area (Å²) in [5.41, 5.74) is 4.04. The molecule has 0 radical (unpaired) electrons. The SMILES string of the molecule is Cc1c[c-]c2ccccc2c1.Cc1c[c-]c2ccccc2c1.Cl.Cl.[Zr]=[SiH]Cc1ccccc1.c1ccc2[cH-]ccc2c1. The normalized spacial score (nSPS) is 9.45. The van der Waals surface area contributed by atoms with Crippen molar-refractivity contribution in [2.75, 3.05) is 0 Å². The minimum Gasteiger partial charge on any atom is -0.168 e. The van der Waals surface area contributed by atoms with E-state index < -0.39 is 0 Å². The van der Waals surface area contributed by atoms with Crippen LogP contribution in [0.3, 0.4) is 0 Å². The van der Waals surface area contributed by atoms with Gasteiger partial charge in [-0.25, -0.2) is 0 Å². The third kappa shape index (κ3) is 11.4. The molecule has 0 unspecified atom stereocenters. The number of hydrogen-bond donors (Lipinski definition) is 0. The van der Waals surface area contributed by atoms with Crippen molar-refractivity contribution in [1.29, 1.82) is 0 Å². The minimum atomic E-state index is 0. The van der Waals surface area contributed by atoms with Gasteiger partial charge in [0.25, 0.3) is 0 Å². The summed E-state index contributed by atoms with van der Waals surface area (Å²) in [5.74, 6) is 0. The molecule has 0 heterocycles. The van der Waals surface area contributed by atoms with Crippen LogP contribution in [0.5, 0.6) is 0 Å². The summed E-state index contributed by atoms with van der Waals surface area (Å²) in [5, 5.41) is 7.59. The summed E-state index contributed by atoms with van der Waals surface area (Å²) in [6.45, 7) is 4.17. The molecule has 0 amide bonds. The van der Waals surface area contributed by atoms with E-state index in [2.05, 4.69) is 147 Å². The molecule has 0 fully saturated rings. The fraction of sp³-hybridized carbons (Fsp3) is 0.0789. The van der Waals surface area contributed by atoms with Crippen LogP contribution in [0.1, 0.15) is 16.7 Å². The molecule has 0 bridgehead atoms. The Morgan fingerprint density at radius 3 is 1.60 bits per heavy atom. The number of aryl methyl sites for hydroxylation is 2. The molecule has 0 aliphatic heterocycles. The molecule has 0 aliphatic rings. The molecular weight excluding hydrogens is 647 g/mol. The van der Waals surface area contributed by atoms with Crippen LogP contribution in [0.2, 0.25) is 0 Å². The van der Waals surface area contributed by atoms with Gasteiger partial charge in [0.05, 0.1) is 0 Å². The largest absolute Gasteiger partial charge is 0.168 e. The maximum Gasteiger partial charge on any atom is -0.0809 e. The quantitative estimate of drug-likeness (QED) is 0.126. The molecule has 0 saturated heterocycles. The Morgan fingerprint density at radius 2 is 1.07 bits per heavy atom. The number of fused-ring (bicyclic) bond motifs is 3. The standard InChI is InChI=1S/2C11H9.C9H7.C7H8Si.2ClH.Zr/c2*1-9-6-7-10-4-2-3-5-11(10)8-9;1-2-5-9-7-3-6-8(9)4-1;8-6-7-4-2-1-3-5-7;;;/h2*2-6,8H,1H3;1-7H;1-5,8H,6H2;2*1H;/q3*-1;;;;. The zero-order valence-corrected chi connectivity index (χ0v) is 29.2. The first-order valence-corrected chi connectivity index (χ1v) is 19.1. The van der Waals surface area contributed by atoms with Crippen LogP contribution in [0.4, 0.5) is 0 Å². The van der Waals surface area contributed by atoms with E-state index in [4.69, 9.17) is 0 Å². The molecule has 0 aliphatic carbocycles. The topological polar surface area (TPSA) is 0 Å². The van der Waals surface area contributed by atoms with Gasteiger partial charge in [-0.15, -0.1) is 148 Å². The first kappa shape index (κ1) is 35.3. The molecule has 7 rings (SSSR count). The van der Waals surface area contributed by atoms with E-state index in [1.807, 2.05) is 24.3 Å². The van der Waals surface area contributed by atoms with Crippen molar-refractivity contribution in [3.63, 3.8) is 0 Å². The monoisotopic (exact) mass is 679 g/mol. The number of hydrogen-bond acceptors (Lipinski definition) is 0. The van der Waals surface area contributed by atoms with Crippen molar-refractivity contribution < 1.29 is 23.3 Å². The maximum absolute atomic E-state index is 3.22. The predicted molar refractivity (Wildman–Crippen MR) is 186 cm³/mol. The van der Waals surface area contributed by atoms with Crippen molar-refractivity contribution >= 4 is 63.3 Å². The van der Waals surface area contributed by atoms with Crippen molar-refractivity contribution in [3.8, 4) is 0 Å². The Hall–Kier alpha value is -2.87. The molecule has 0 atom stereocenters. The van der Waals surface area contributed by atoms with Gasteiger partial charge in [-0.2, -0.15) is 17.5 Å². The van der Waals surface area contributed by atoms with Gasteiger partial charge in [0.2, 0.25) is 0 Å². The van der Waals surface area contributed by atoms with Gasteiger partial charge in [-0.1, -0.05) is 44.2 Å². The Balaban J connectivity index is 0.000000193. The van der Waals surface area contributed by atoms with E-state index in [1.165, 1.54) is 55.1 Å². The first-order valence-electron chi connectivity index (χ1n) is 13.5. The Morgan fingerprint density at radius 1 is 0.595 bits per heavy atom. The summed E-state index contributed by atoms with van der Waals surface area (Å²) in [7, 11) is 0. The average molecular weight is 682 g/mol. The van der Waals surface area contributed by atoms with E-state index in [1.54, 1.807) is 23.3 Å². The summed E-state index contributed by atoms with van der Waals surface area (Å²) in [6, 6.07) is 58.1. The minimum absolute atomic E-state index is 0. The fourth-order valence-electron chi connectivity index (χ4n) is 4.27. The number of rotatable bonds is 2. The second kappa shape index (κ2) is 19.3. The second-order valence-electron chi connectivity index (χ2n) is 9.58. The summed E-state index contributed by atoms with van der Waals surface area (Å²) < 4.78 is 0. The molecule has 7 aromatic rings. The van der Waals surface area contributed by atoms with E-state index in [0.717, 1.165) is 0 Å². The summed E-state index contributed by atoms with van der Waals surface area (Å²) in [6.07, 6.45) is 0.715. The first-order chi connectivity index (χ1) is 19.6. The third-order valence-corrected chi connectivity index (χ3v) is 8.51. The molecule has 0 saturated carbocycles. The van der Waals surface area contributed by atoms with Gasteiger partial charge in [0.1, 0.15) is 0 Å². The van der Waals surface area contributed by atoms with Crippen LogP contribution in [0.15, 0.2) is 146 Å². The van der Waals surface area contributed by atoms with Crippen LogP contribution in [0, 0.1) is 26.0 Å². The van der Waals surface area contributed by atoms with E-state index in [9.17, 15) is 0 Å². The van der Waals surface area contributed by atoms with Gasteiger partial charge in [0, 0.05) is 0 Å². The molecule has 4 heteroatoms. The van der Waals surface area contributed by atoms with Gasteiger partial charge in [-0.3, -0.25) is 0 Å².